The molecule has 0 N–H and O–H groups in total. The van der Waals surface area contributed by atoms with Gasteiger partial charge in [-0.3, -0.25) is 9.97 Å². The average molecular weight is 450 g/mol. The maximum Gasteiger partial charge on any atom is 0.243 e. The van der Waals surface area contributed by atoms with Crippen LogP contribution in [0, 0.1) is 5.92 Å². The van der Waals surface area contributed by atoms with Gasteiger partial charge in [0.2, 0.25) is 10.0 Å². The molecule has 0 amide bonds. The van der Waals surface area contributed by atoms with E-state index in [2.05, 4.69) is 49.8 Å². The Morgan fingerprint density at radius 2 is 1.50 bits per heavy atom. The smallest absolute Gasteiger partial charge is 0.243 e. The van der Waals surface area contributed by atoms with Crippen LogP contribution in [0.2, 0.25) is 0 Å². The first-order valence-electron chi connectivity index (χ1n) is 11.2. The summed E-state index contributed by atoms with van der Waals surface area (Å²) in [4.78, 5) is 9.30. The Balaban J connectivity index is 1.59. The van der Waals surface area contributed by atoms with E-state index in [1.807, 2.05) is 36.8 Å². The van der Waals surface area contributed by atoms with Crippen LogP contribution in [0.1, 0.15) is 46.2 Å². The number of sulfonamides is 1. The zero-order chi connectivity index (χ0) is 22.9. The molecule has 0 atom stereocenters. The van der Waals surface area contributed by atoms with Crippen molar-refractivity contribution in [1.82, 2.24) is 14.3 Å². The molecule has 1 fully saturated rings. The van der Waals surface area contributed by atoms with Crippen molar-refractivity contribution < 1.29 is 8.42 Å². The predicted octanol–water partition coefficient (Wildman–Crippen LogP) is 5.53. The van der Waals surface area contributed by atoms with E-state index >= 15 is 0 Å². The van der Waals surface area contributed by atoms with Gasteiger partial charge >= 0.3 is 0 Å². The molecule has 0 spiro atoms. The number of hydrogen-bond acceptors (Lipinski definition) is 4. The van der Waals surface area contributed by atoms with Crippen LogP contribution in [-0.4, -0.2) is 35.8 Å². The lowest BCUT2D eigenvalue weighted by Crippen LogP contribution is -2.37. The summed E-state index contributed by atoms with van der Waals surface area (Å²) < 4.78 is 27.6. The summed E-state index contributed by atoms with van der Waals surface area (Å²) in [5, 5.41) is 0. The van der Waals surface area contributed by atoms with Crippen molar-refractivity contribution >= 4 is 10.0 Å². The molecule has 0 bridgehead atoms. The highest BCUT2D eigenvalue weighted by atomic mass is 32.2. The van der Waals surface area contributed by atoms with E-state index in [-0.39, 0.29) is 5.41 Å². The molecule has 5 nitrogen and oxygen atoms in total. The molecule has 168 valence electrons. The van der Waals surface area contributed by atoms with E-state index in [4.69, 9.17) is 0 Å². The lowest BCUT2D eigenvalue weighted by molar-refractivity contribution is 0.288. The van der Waals surface area contributed by atoms with Gasteiger partial charge in [-0.15, -0.1) is 0 Å². The molecule has 3 heterocycles. The SMILES string of the molecule is CC1CCN(S(=O)(=O)c2ccc(-c3cncc(-c4ccnc(C(C)(C)C)c4)c3)cc2)CC1. The maximum atomic E-state index is 13.0. The molecule has 0 aliphatic carbocycles. The summed E-state index contributed by atoms with van der Waals surface area (Å²) in [5.41, 5.74) is 4.96. The summed E-state index contributed by atoms with van der Waals surface area (Å²) >= 11 is 0. The van der Waals surface area contributed by atoms with Crippen molar-refractivity contribution in [2.75, 3.05) is 13.1 Å². The third-order valence-electron chi connectivity index (χ3n) is 6.17. The number of nitrogens with zero attached hydrogens (tertiary/aromatic N) is 3. The first-order valence-corrected chi connectivity index (χ1v) is 12.6. The van der Waals surface area contributed by atoms with Gasteiger partial charge in [0.05, 0.1) is 4.90 Å². The number of hydrogen-bond donors (Lipinski definition) is 0. The maximum absolute atomic E-state index is 13.0. The first-order chi connectivity index (χ1) is 15.1. The van der Waals surface area contributed by atoms with Gasteiger partial charge in [0, 0.05) is 53.9 Å². The molecule has 0 unspecified atom stereocenters. The second-order valence-electron chi connectivity index (χ2n) is 9.75. The molecule has 1 aromatic carbocycles. The molecule has 2 aromatic heterocycles. The number of benzene rings is 1. The van der Waals surface area contributed by atoms with Gasteiger partial charge in [0.1, 0.15) is 0 Å². The molecule has 1 aliphatic heterocycles. The van der Waals surface area contributed by atoms with Crippen molar-refractivity contribution in [1.29, 1.82) is 0 Å². The summed E-state index contributed by atoms with van der Waals surface area (Å²) in [5.74, 6) is 0.587. The Morgan fingerprint density at radius 1 is 0.875 bits per heavy atom. The highest BCUT2D eigenvalue weighted by molar-refractivity contribution is 7.89. The lowest BCUT2D eigenvalue weighted by Gasteiger charge is -2.29. The van der Waals surface area contributed by atoms with Gasteiger partial charge in [0.15, 0.2) is 0 Å². The van der Waals surface area contributed by atoms with Crippen LogP contribution in [-0.2, 0) is 15.4 Å². The quantitative estimate of drug-likeness (QED) is 0.525. The molecule has 4 rings (SSSR count). The third-order valence-corrected chi connectivity index (χ3v) is 8.08. The van der Waals surface area contributed by atoms with E-state index < -0.39 is 10.0 Å². The highest BCUT2D eigenvalue weighted by Crippen LogP contribution is 2.30. The number of aromatic nitrogens is 2. The van der Waals surface area contributed by atoms with E-state index in [9.17, 15) is 8.42 Å². The van der Waals surface area contributed by atoms with Crippen LogP contribution < -0.4 is 0 Å². The van der Waals surface area contributed by atoms with Gasteiger partial charge in [0.25, 0.3) is 0 Å². The van der Waals surface area contributed by atoms with E-state index in [0.717, 1.165) is 40.8 Å². The van der Waals surface area contributed by atoms with Crippen LogP contribution in [0.4, 0.5) is 0 Å². The minimum absolute atomic E-state index is 0.0330. The topological polar surface area (TPSA) is 63.2 Å². The van der Waals surface area contributed by atoms with Gasteiger partial charge < -0.3 is 0 Å². The highest BCUT2D eigenvalue weighted by Gasteiger charge is 2.28. The third kappa shape index (κ3) is 4.76. The van der Waals surface area contributed by atoms with Gasteiger partial charge in [-0.25, -0.2) is 8.42 Å². The number of rotatable bonds is 4. The van der Waals surface area contributed by atoms with Crippen molar-refractivity contribution in [2.45, 2.75) is 50.8 Å². The second-order valence-corrected chi connectivity index (χ2v) is 11.7. The van der Waals surface area contributed by atoms with Crippen molar-refractivity contribution in [3.8, 4) is 22.3 Å². The molecule has 0 radical (unpaired) electrons. The Hall–Kier alpha value is -2.57. The van der Waals surface area contributed by atoms with Crippen LogP contribution >= 0.6 is 0 Å². The number of piperidine rings is 1. The van der Waals surface area contributed by atoms with Gasteiger partial charge in [-0.05, 0) is 60.2 Å². The Bertz CT molecular complexity index is 1190. The van der Waals surface area contributed by atoms with E-state index in [0.29, 0.717) is 23.9 Å². The number of pyridine rings is 2. The summed E-state index contributed by atoms with van der Waals surface area (Å²) in [7, 11) is -3.44. The second kappa shape index (κ2) is 8.75. The van der Waals surface area contributed by atoms with Crippen LogP contribution in [0.5, 0.6) is 0 Å². The normalized spacial score (nSPS) is 16.2. The van der Waals surface area contributed by atoms with Crippen molar-refractivity contribution in [2.24, 2.45) is 5.92 Å². The minimum Gasteiger partial charge on any atom is -0.263 e. The van der Waals surface area contributed by atoms with Gasteiger partial charge in [-0.1, -0.05) is 39.8 Å². The molecule has 0 saturated carbocycles. The van der Waals surface area contributed by atoms with Crippen LogP contribution in [0.3, 0.4) is 0 Å². The monoisotopic (exact) mass is 449 g/mol. The van der Waals surface area contributed by atoms with Crippen LogP contribution in [0.15, 0.2) is 66.0 Å². The summed E-state index contributed by atoms with van der Waals surface area (Å²) in [6.45, 7) is 9.81. The molecule has 3 aromatic rings. The molecular weight excluding hydrogens is 418 g/mol. The van der Waals surface area contributed by atoms with E-state index in [1.165, 1.54) is 0 Å². The Labute approximate surface area is 191 Å². The predicted molar refractivity (Wildman–Crippen MR) is 129 cm³/mol. The summed E-state index contributed by atoms with van der Waals surface area (Å²) in [6, 6.07) is 13.3. The fourth-order valence-electron chi connectivity index (χ4n) is 3.97. The fraction of sp³-hybridized carbons (Fsp3) is 0.385. The Morgan fingerprint density at radius 3 is 2.12 bits per heavy atom. The zero-order valence-corrected chi connectivity index (χ0v) is 20.1. The van der Waals surface area contributed by atoms with Crippen LogP contribution in [0.25, 0.3) is 22.3 Å². The standard InChI is InChI=1S/C26H31N3O2S/c1-19-10-13-29(14-11-19)32(30,31)24-7-5-20(6-8-24)22-15-23(18-27-17-22)21-9-12-28-25(16-21)26(2,3)4/h5-9,12,15-19H,10-11,13-14H2,1-4H3. The summed E-state index contributed by atoms with van der Waals surface area (Å²) in [6.07, 6.45) is 7.33. The molecule has 6 heteroatoms. The Kier molecular flexibility index (Phi) is 6.19. The average Bonchev–Trinajstić information content (AvgIpc) is 2.79. The van der Waals surface area contributed by atoms with E-state index in [1.54, 1.807) is 16.4 Å². The zero-order valence-electron chi connectivity index (χ0n) is 19.2. The first kappa shape index (κ1) is 22.6. The molecule has 1 aliphatic rings. The molecule has 1 saturated heterocycles. The molecular formula is C26H31N3O2S. The van der Waals surface area contributed by atoms with Crippen molar-refractivity contribution in [3.63, 3.8) is 0 Å². The van der Waals surface area contributed by atoms with Gasteiger partial charge in [-0.2, -0.15) is 4.31 Å². The molecule has 32 heavy (non-hydrogen) atoms. The minimum atomic E-state index is -3.44. The largest absolute Gasteiger partial charge is 0.263 e. The fourth-order valence-corrected chi connectivity index (χ4v) is 5.44. The lowest BCUT2D eigenvalue weighted by atomic mass is 9.90. The van der Waals surface area contributed by atoms with Crippen molar-refractivity contribution in [3.05, 3.63) is 66.7 Å².